The van der Waals surface area contributed by atoms with Gasteiger partial charge in [-0.25, -0.2) is 4.39 Å². The Hall–Kier alpha value is -2.29. The fraction of sp³-hybridized carbons (Fsp3) is 0.0667. The average molecular weight is 242 g/mol. The lowest BCUT2D eigenvalue weighted by Gasteiger charge is -2.02. The maximum atomic E-state index is 13.5. The van der Waals surface area contributed by atoms with Crippen LogP contribution in [-0.4, -0.2) is 0 Å². The number of furan rings is 1. The molecule has 1 aromatic heterocycles. The fourth-order valence-corrected chi connectivity index (χ4v) is 1.82. The molecule has 0 spiro atoms. The van der Waals surface area contributed by atoms with Crippen LogP contribution in [0.1, 0.15) is 5.76 Å². The SMILES string of the molecule is Fc1cccc2oc(COc3ccccc3)cc12. The monoisotopic (exact) mass is 242 g/mol. The zero-order valence-electron chi connectivity index (χ0n) is 9.60. The van der Waals surface area contributed by atoms with Crippen molar-refractivity contribution in [1.82, 2.24) is 0 Å². The summed E-state index contributed by atoms with van der Waals surface area (Å²) < 4.78 is 24.5. The predicted molar refractivity (Wildman–Crippen MR) is 66.9 cm³/mol. The zero-order chi connectivity index (χ0) is 12.4. The van der Waals surface area contributed by atoms with Crippen molar-refractivity contribution in [3.63, 3.8) is 0 Å². The summed E-state index contributed by atoms with van der Waals surface area (Å²) in [5, 5.41) is 0.490. The second kappa shape index (κ2) is 4.53. The van der Waals surface area contributed by atoms with Crippen molar-refractivity contribution >= 4 is 11.0 Å². The second-order valence-corrected chi connectivity index (χ2v) is 3.97. The molecule has 0 bridgehead atoms. The van der Waals surface area contributed by atoms with E-state index in [-0.39, 0.29) is 12.4 Å². The summed E-state index contributed by atoms with van der Waals surface area (Å²) in [5.74, 6) is 1.10. The van der Waals surface area contributed by atoms with E-state index < -0.39 is 0 Å². The molecule has 1 heterocycles. The van der Waals surface area contributed by atoms with Crippen LogP contribution in [0.3, 0.4) is 0 Å². The first kappa shape index (κ1) is 10.8. The van der Waals surface area contributed by atoms with Crippen molar-refractivity contribution in [2.75, 3.05) is 0 Å². The molecule has 90 valence electrons. The lowest BCUT2D eigenvalue weighted by atomic mass is 10.2. The largest absolute Gasteiger partial charge is 0.486 e. The molecule has 0 aliphatic heterocycles. The summed E-state index contributed by atoms with van der Waals surface area (Å²) in [6.07, 6.45) is 0. The van der Waals surface area contributed by atoms with Crippen molar-refractivity contribution in [2.45, 2.75) is 6.61 Å². The molecule has 0 saturated carbocycles. The van der Waals surface area contributed by atoms with Crippen molar-refractivity contribution in [3.8, 4) is 5.75 Å². The summed E-state index contributed by atoms with van der Waals surface area (Å²) in [7, 11) is 0. The van der Waals surface area contributed by atoms with Gasteiger partial charge in [0.2, 0.25) is 0 Å². The predicted octanol–water partition coefficient (Wildman–Crippen LogP) is 4.15. The third-order valence-electron chi connectivity index (χ3n) is 2.68. The van der Waals surface area contributed by atoms with Gasteiger partial charge in [-0.1, -0.05) is 24.3 Å². The Kier molecular flexibility index (Phi) is 2.73. The highest BCUT2D eigenvalue weighted by Gasteiger charge is 2.07. The normalized spacial score (nSPS) is 10.7. The van der Waals surface area contributed by atoms with Gasteiger partial charge in [0.15, 0.2) is 0 Å². The number of benzene rings is 2. The first-order valence-corrected chi connectivity index (χ1v) is 5.68. The van der Waals surface area contributed by atoms with E-state index >= 15 is 0 Å². The summed E-state index contributed by atoms with van der Waals surface area (Å²) in [4.78, 5) is 0. The Morgan fingerprint density at radius 3 is 2.61 bits per heavy atom. The van der Waals surface area contributed by atoms with Crippen LogP contribution >= 0.6 is 0 Å². The van der Waals surface area contributed by atoms with E-state index in [0.29, 0.717) is 16.7 Å². The van der Waals surface area contributed by atoms with Gasteiger partial charge in [-0.05, 0) is 30.3 Å². The number of hydrogen-bond donors (Lipinski definition) is 0. The van der Waals surface area contributed by atoms with E-state index in [2.05, 4.69) is 0 Å². The summed E-state index contributed by atoms with van der Waals surface area (Å²) >= 11 is 0. The van der Waals surface area contributed by atoms with Crippen LogP contribution in [0, 0.1) is 5.82 Å². The van der Waals surface area contributed by atoms with Crippen molar-refractivity contribution in [3.05, 3.63) is 66.2 Å². The topological polar surface area (TPSA) is 22.4 Å². The molecular formula is C15H11FO2. The minimum Gasteiger partial charge on any atom is -0.486 e. The van der Waals surface area contributed by atoms with Gasteiger partial charge in [0.05, 0.1) is 5.39 Å². The summed E-state index contributed by atoms with van der Waals surface area (Å²) in [6, 6.07) is 15.9. The maximum absolute atomic E-state index is 13.5. The van der Waals surface area contributed by atoms with Crippen molar-refractivity contribution in [1.29, 1.82) is 0 Å². The highest BCUT2D eigenvalue weighted by atomic mass is 19.1. The Labute approximate surface area is 104 Å². The van der Waals surface area contributed by atoms with Crippen molar-refractivity contribution < 1.29 is 13.5 Å². The van der Waals surface area contributed by atoms with Crippen LogP contribution in [0.4, 0.5) is 4.39 Å². The van der Waals surface area contributed by atoms with Gasteiger partial charge < -0.3 is 9.15 Å². The lowest BCUT2D eigenvalue weighted by molar-refractivity contribution is 0.274. The molecular weight excluding hydrogens is 231 g/mol. The van der Waals surface area contributed by atoms with E-state index in [1.165, 1.54) is 6.07 Å². The molecule has 0 atom stereocenters. The van der Waals surface area contributed by atoms with Gasteiger partial charge in [-0.3, -0.25) is 0 Å². The molecule has 3 aromatic rings. The van der Waals surface area contributed by atoms with Gasteiger partial charge in [0, 0.05) is 0 Å². The minimum atomic E-state index is -0.276. The Bertz CT molecular complexity index is 659. The summed E-state index contributed by atoms with van der Waals surface area (Å²) in [6.45, 7) is 0.290. The third-order valence-corrected chi connectivity index (χ3v) is 2.68. The van der Waals surface area contributed by atoms with Gasteiger partial charge in [0.25, 0.3) is 0 Å². The zero-order valence-corrected chi connectivity index (χ0v) is 9.60. The van der Waals surface area contributed by atoms with E-state index in [9.17, 15) is 4.39 Å². The maximum Gasteiger partial charge on any atom is 0.146 e. The quantitative estimate of drug-likeness (QED) is 0.688. The number of halogens is 1. The molecule has 2 nitrogen and oxygen atoms in total. The molecule has 0 aliphatic rings. The number of para-hydroxylation sites is 1. The van der Waals surface area contributed by atoms with E-state index in [1.807, 2.05) is 30.3 Å². The molecule has 3 heteroatoms. The number of ether oxygens (including phenoxy) is 1. The fourth-order valence-electron chi connectivity index (χ4n) is 1.82. The van der Waals surface area contributed by atoms with Crippen LogP contribution in [-0.2, 0) is 6.61 Å². The molecule has 0 saturated heterocycles. The molecule has 0 fully saturated rings. The second-order valence-electron chi connectivity index (χ2n) is 3.97. The van der Waals surface area contributed by atoms with Gasteiger partial charge >= 0.3 is 0 Å². The van der Waals surface area contributed by atoms with Gasteiger partial charge in [-0.2, -0.15) is 0 Å². The number of fused-ring (bicyclic) bond motifs is 1. The standard InChI is InChI=1S/C15H11FO2/c16-14-7-4-8-15-13(14)9-12(18-15)10-17-11-5-2-1-3-6-11/h1-9H,10H2. The van der Waals surface area contributed by atoms with Gasteiger partial charge in [0.1, 0.15) is 29.5 Å². The van der Waals surface area contributed by atoms with Crippen LogP contribution in [0.5, 0.6) is 5.75 Å². The molecule has 18 heavy (non-hydrogen) atoms. The Morgan fingerprint density at radius 1 is 1.00 bits per heavy atom. The third kappa shape index (κ3) is 2.07. The Morgan fingerprint density at radius 2 is 1.83 bits per heavy atom. The molecule has 0 aliphatic carbocycles. The molecule has 3 rings (SSSR count). The molecule has 0 N–H and O–H groups in total. The first-order chi connectivity index (χ1) is 8.83. The molecule has 2 aromatic carbocycles. The number of rotatable bonds is 3. The van der Waals surface area contributed by atoms with Gasteiger partial charge in [-0.15, -0.1) is 0 Å². The van der Waals surface area contributed by atoms with Crippen LogP contribution in [0.25, 0.3) is 11.0 Å². The summed E-state index contributed by atoms with van der Waals surface area (Å²) in [5.41, 5.74) is 0.543. The highest BCUT2D eigenvalue weighted by molar-refractivity contribution is 5.78. The Balaban J connectivity index is 1.81. The lowest BCUT2D eigenvalue weighted by Crippen LogP contribution is -1.92. The van der Waals surface area contributed by atoms with Crippen LogP contribution in [0.15, 0.2) is 59.0 Å². The van der Waals surface area contributed by atoms with E-state index in [4.69, 9.17) is 9.15 Å². The molecule has 0 unspecified atom stereocenters. The molecule has 0 radical (unpaired) electrons. The van der Waals surface area contributed by atoms with Crippen LogP contribution < -0.4 is 4.74 Å². The molecule has 0 amide bonds. The van der Waals surface area contributed by atoms with Crippen molar-refractivity contribution in [2.24, 2.45) is 0 Å². The van der Waals surface area contributed by atoms with E-state index in [0.717, 1.165) is 5.75 Å². The first-order valence-electron chi connectivity index (χ1n) is 5.68. The minimum absolute atomic E-state index is 0.276. The van der Waals surface area contributed by atoms with E-state index in [1.54, 1.807) is 18.2 Å². The number of hydrogen-bond acceptors (Lipinski definition) is 2. The smallest absolute Gasteiger partial charge is 0.146 e. The highest BCUT2D eigenvalue weighted by Crippen LogP contribution is 2.23. The van der Waals surface area contributed by atoms with Crippen LogP contribution in [0.2, 0.25) is 0 Å². The average Bonchev–Trinajstić information content (AvgIpc) is 2.82.